The highest BCUT2D eigenvalue weighted by molar-refractivity contribution is 7.07. The van der Waals surface area contributed by atoms with E-state index in [-0.39, 0.29) is 0 Å². The third-order valence-corrected chi connectivity index (χ3v) is 6.17. The van der Waals surface area contributed by atoms with Crippen molar-refractivity contribution in [1.82, 2.24) is 10.2 Å². The Labute approximate surface area is 133 Å². The quantitative estimate of drug-likeness (QED) is 0.882. The number of nitrogens with one attached hydrogen (secondary N) is 1. The second kappa shape index (κ2) is 7.26. The minimum absolute atomic E-state index is 0.442. The highest BCUT2D eigenvalue weighted by atomic mass is 32.1. The van der Waals surface area contributed by atoms with Crippen molar-refractivity contribution in [2.75, 3.05) is 19.6 Å². The zero-order chi connectivity index (χ0) is 14.5. The van der Waals surface area contributed by atoms with Gasteiger partial charge in [-0.3, -0.25) is 4.90 Å². The zero-order valence-electron chi connectivity index (χ0n) is 13.4. The van der Waals surface area contributed by atoms with Crippen LogP contribution in [0.4, 0.5) is 0 Å². The molecule has 118 valence electrons. The predicted octanol–water partition coefficient (Wildman–Crippen LogP) is 4.07. The first-order chi connectivity index (χ1) is 10.3. The number of hydrogen-bond donors (Lipinski definition) is 1. The van der Waals surface area contributed by atoms with Crippen LogP contribution in [0.25, 0.3) is 0 Å². The highest BCUT2D eigenvalue weighted by Crippen LogP contribution is 2.32. The summed E-state index contributed by atoms with van der Waals surface area (Å²) in [6.07, 6.45) is 10.9. The van der Waals surface area contributed by atoms with Crippen molar-refractivity contribution in [3.63, 3.8) is 0 Å². The molecule has 3 rings (SSSR count). The molecule has 0 bridgehead atoms. The SMILES string of the molecule is CCCC1CNC2(CCCCC2)CN1CCc1ccsc1. The second-order valence-electron chi connectivity index (χ2n) is 7.02. The molecular weight excluding hydrogens is 276 g/mol. The number of hydrogen-bond acceptors (Lipinski definition) is 3. The van der Waals surface area contributed by atoms with Crippen LogP contribution in [-0.2, 0) is 6.42 Å². The van der Waals surface area contributed by atoms with Gasteiger partial charge in [-0.25, -0.2) is 0 Å². The van der Waals surface area contributed by atoms with E-state index in [1.165, 1.54) is 76.6 Å². The molecule has 2 nitrogen and oxygen atoms in total. The maximum atomic E-state index is 3.95. The number of nitrogens with zero attached hydrogens (tertiary/aromatic N) is 1. The maximum absolute atomic E-state index is 3.95. The fraction of sp³-hybridized carbons (Fsp3) is 0.778. The van der Waals surface area contributed by atoms with Crippen molar-refractivity contribution in [3.05, 3.63) is 22.4 Å². The molecule has 2 aliphatic rings. The van der Waals surface area contributed by atoms with Crippen LogP contribution in [0, 0.1) is 0 Å². The summed E-state index contributed by atoms with van der Waals surface area (Å²) >= 11 is 1.83. The number of piperazine rings is 1. The van der Waals surface area contributed by atoms with E-state index in [1.807, 2.05) is 11.3 Å². The largest absolute Gasteiger partial charge is 0.308 e. The lowest BCUT2D eigenvalue weighted by atomic mass is 9.79. The molecule has 2 fully saturated rings. The van der Waals surface area contributed by atoms with Gasteiger partial charge in [0.2, 0.25) is 0 Å². The van der Waals surface area contributed by atoms with Crippen molar-refractivity contribution >= 4 is 11.3 Å². The zero-order valence-corrected chi connectivity index (χ0v) is 14.3. The van der Waals surface area contributed by atoms with Gasteiger partial charge in [0.05, 0.1) is 0 Å². The minimum atomic E-state index is 0.442. The van der Waals surface area contributed by atoms with E-state index in [0.717, 1.165) is 6.04 Å². The molecule has 1 N–H and O–H groups in total. The van der Waals surface area contributed by atoms with Crippen LogP contribution in [0.15, 0.2) is 16.8 Å². The average molecular weight is 307 g/mol. The van der Waals surface area contributed by atoms with Crippen LogP contribution >= 0.6 is 11.3 Å². The molecule has 0 radical (unpaired) electrons. The van der Waals surface area contributed by atoms with Crippen LogP contribution in [0.5, 0.6) is 0 Å². The third-order valence-electron chi connectivity index (χ3n) is 5.44. The molecule has 1 saturated heterocycles. The Kier molecular flexibility index (Phi) is 5.36. The van der Waals surface area contributed by atoms with Crippen LogP contribution in [0.3, 0.4) is 0 Å². The standard InChI is InChI=1S/C18H30N2S/c1-2-6-17-13-19-18(9-4-3-5-10-18)15-20(17)11-7-16-8-12-21-14-16/h8,12,14,17,19H,2-7,9-11,13,15H2,1H3. The molecule has 1 atom stereocenters. The number of thiophene rings is 1. The molecule has 0 amide bonds. The molecule has 1 spiro atoms. The molecule has 1 aromatic rings. The van der Waals surface area contributed by atoms with E-state index in [4.69, 9.17) is 0 Å². The van der Waals surface area contributed by atoms with Crippen LogP contribution in [0.2, 0.25) is 0 Å². The molecule has 1 aliphatic heterocycles. The molecule has 1 aromatic heterocycles. The summed E-state index contributed by atoms with van der Waals surface area (Å²) in [6, 6.07) is 3.04. The highest BCUT2D eigenvalue weighted by Gasteiger charge is 2.39. The Morgan fingerprint density at radius 1 is 1.33 bits per heavy atom. The van der Waals surface area contributed by atoms with Crippen molar-refractivity contribution in [1.29, 1.82) is 0 Å². The van der Waals surface area contributed by atoms with Gasteiger partial charge in [-0.1, -0.05) is 32.6 Å². The first kappa shape index (κ1) is 15.5. The molecule has 2 heterocycles. The Bertz CT molecular complexity index is 409. The van der Waals surface area contributed by atoms with Gasteiger partial charge < -0.3 is 5.32 Å². The Morgan fingerprint density at radius 2 is 2.19 bits per heavy atom. The average Bonchev–Trinajstić information content (AvgIpc) is 3.02. The topological polar surface area (TPSA) is 15.3 Å². The first-order valence-electron chi connectivity index (χ1n) is 8.81. The first-order valence-corrected chi connectivity index (χ1v) is 9.76. The monoisotopic (exact) mass is 306 g/mol. The van der Waals surface area contributed by atoms with E-state index < -0.39 is 0 Å². The Hall–Kier alpha value is -0.380. The van der Waals surface area contributed by atoms with Crippen molar-refractivity contribution in [2.24, 2.45) is 0 Å². The lowest BCUT2D eigenvalue weighted by molar-refractivity contribution is 0.0526. The van der Waals surface area contributed by atoms with E-state index >= 15 is 0 Å². The molecule has 0 aromatic carbocycles. The van der Waals surface area contributed by atoms with E-state index in [1.54, 1.807) is 0 Å². The third kappa shape index (κ3) is 3.88. The van der Waals surface area contributed by atoms with Gasteiger partial charge in [0, 0.05) is 31.2 Å². The fourth-order valence-electron chi connectivity index (χ4n) is 4.19. The normalized spacial score (nSPS) is 26.2. The smallest absolute Gasteiger partial charge is 0.0309 e. The summed E-state index contributed by atoms with van der Waals surface area (Å²) in [5.74, 6) is 0. The summed E-state index contributed by atoms with van der Waals surface area (Å²) in [5.41, 5.74) is 1.96. The van der Waals surface area contributed by atoms with E-state index in [2.05, 4.69) is 34.0 Å². The van der Waals surface area contributed by atoms with E-state index in [0.29, 0.717) is 5.54 Å². The van der Waals surface area contributed by atoms with Crippen molar-refractivity contribution in [2.45, 2.75) is 69.9 Å². The summed E-state index contributed by atoms with van der Waals surface area (Å²) in [6.45, 7) is 6.05. The number of rotatable bonds is 5. The van der Waals surface area contributed by atoms with Crippen molar-refractivity contribution < 1.29 is 0 Å². The van der Waals surface area contributed by atoms with Gasteiger partial charge in [0.15, 0.2) is 0 Å². The van der Waals surface area contributed by atoms with E-state index in [9.17, 15) is 0 Å². The Morgan fingerprint density at radius 3 is 2.90 bits per heavy atom. The second-order valence-corrected chi connectivity index (χ2v) is 7.80. The Balaban J connectivity index is 1.62. The lowest BCUT2D eigenvalue weighted by Crippen LogP contribution is -2.64. The van der Waals surface area contributed by atoms with Gasteiger partial charge in [-0.15, -0.1) is 0 Å². The summed E-state index contributed by atoms with van der Waals surface area (Å²) in [5, 5.41) is 8.47. The van der Waals surface area contributed by atoms with Gasteiger partial charge in [0.25, 0.3) is 0 Å². The summed E-state index contributed by atoms with van der Waals surface area (Å²) < 4.78 is 0. The van der Waals surface area contributed by atoms with Crippen LogP contribution < -0.4 is 5.32 Å². The lowest BCUT2D eigenvalue weighted by Gasteiger charge is -2.50. The molecule has 1 saturated carbocycles. The fourth-order valence-corrected chi connectivity index (χ4v) is 4.89. The molecule has 1 unspecified atom stereocenters. The summed E-state index contributed by atoms with van der Waals surface area (Å²) in [7, 11) is 0. The molecule has 3 heteroatoms. The maximum Gasteiger partial charge on any atom is 0.0309 e. The van der Waals surface area contributed by atoms with Gasteiger partial charge >= 0.3 is 0 Å². The van der Waals surface area contributed by atoms with Gasteiger partial charge in [-0.05, 0) is 48.1 Å². The molecule has 1 aliphatic carbocycles. The van der Waals surface area contributed by atoms with Gasteiger partial charge in [-0.2, -0.15) is 11.3 Å². The summed E-state index contributed by atoms with van der Waals surface area (Å²) in [4.78, 5) is 2.81. The molecule has 21 heavy (non-hydrogen) atoms. The minimum Gasteiger partial charge on any atom is -0.308 e. The van der Waals surface area contributed by atoms with Gasteiger partial charge in [0.1, 0.15) is 0 Å². The van der Waals surface area contributed by atoms with Crippen LogP contribution in [-0.4, -0.2) is 36.1 Å². The van der Waals surface area contributed by atoms with Crippen LogP contribution in [0.1, 0.15) is 57.4 Å². The molecular formula is C18H30N2S. The van der Waals surface area contributed by atoms with Crippen molar-refractivity contribution in [3.8, 4) is 0 Å². The predicted molar refractivity (Wildman–Crippen MR) is 92.1 cm³/mol.